The maximum atomic E-state index is 14.5. The van der Waals surface area contributed by atoms with Crippen molar-refractivity contribution in [2.24, 2.45) is 16.6 Å². The maximum absolute atomic E-state index is 14.5. The molecule has 1 aromatic carbocycles. The standard InChI is InChI=1S/C18H16ClFN4O2/c19-11-1-4-15(22-7-11)17(25)23-12-2-3-14(20)13(5-12)18-6-10(18)8-26-9-16(21)24-18/h1-5,7,10H,6,8-9H2,(H2,21,24)(H,23,25)/t10-,18-/m1/s1. The number of nitrogens with two attached hydrogens (primary N) is 1. The van der Waals surface area contributed by atoms with Gasteiger partial charge in [-0.1, -0.05) is 11.6 Å². The van der Waals surface area contributed by atoms with Crippen molar-refractivity contribution in [1.82, 2.24) is 4.98 Å². The van der Waals surface area contributed by atoms with Crippen LogP contribution in [0.4, 0.5) is 10.1 Å². The smallest absolute Gasteiger partial charge is 0.274 e. The molecule has 134 valence electrons. The number of amides is 1. The summed E-state index contributed by atoms with van der Waals surface area (Å²) in [6.07, 6.45) is 2.06. The van der Waals surface area contributed by atoms with E-state index >= 15 is 0 Å². The van der Waals surface area contributed by atoms with E-state index in [1.165, 1.54) is 24.4 Å². The number of benzene rings is 1. The Hall–Kier alpha value is -2.51. The highest BCUT2D eigenvalue weighted by molar-refractivity contribution is 6.30. The second-order valence-corrected chi connectivity index (χ2v) is 6.89. The number of fused-ring (bicyclic) bond motifs is 1. The zero-order valence-corrected chi connectivity index (χ0v) is 14.5. The number of carbonyl (C=O) groups is 1. The lowest BCUT2D eigenvalue weighted by Gasteiger charge is -2.15. The lowest BCUT2D eigenvalue weighted by Crippen LogP contribution is -2.21. The molecule has 1 aromatic heterocycles. The average molecular weight is 375 g/mol. The molecule has 6 nitrogen and oxygen atoms in total. The molecule has 2 aromatic rings. The van der Waals surface area contributed by atoms with E-state index in [-0.39, 0.29) is 24.0 Å². The third-order valence-corrected chi connectivity index (χ3v) is 4.86. The molecule has 0 spiro atoms. The van der Waals surface area contributed by atoms with Gasteiger partial charge in [0.25, 0.3) is 5.91 Å². The minimum absolute atomic E-state index is 0.0851. The molecule has 0 bridgehead atoms. The number of nitrogens with zero attached hydrogens (tertiary/aromatic N) is 2. The van der Waals surface area contributed by atoms with Crippen LogP contribution < -0.4 is 11.1 Å². The van der Waals surface area contributed by atoms with Crippen LogP contribution in [0.2, 0.25) is 5.02 Å². The van der Waals surface area contributed by atoms with Crippen molar-refractivity contribution < 1.29 is 13.9 Å². The Balaban J connectivity index is 1.62. The molecule has 8 heteroatoms. The molecule has 1 amide bonds. The number of hydrogen-bond donors (Lipinski definition) is 2. The summed E-state index contributed by atoms with van der Waals surface area (Å²) in [7, 11) is 0. The van der Waals surface area contributed by atoms with Gasteiger partial charge in [0.15, 0.2) is 0 Å². The van der Waals surface area contributed by atoms with E-state index in [9.17, 15) is 9.18 Å². The monoisotopic (exact) mass is 374 g/mol. The van der Waals surface area contributed by atoms with Crippen molar-refractivity contribution in [1.29, 1.82) is 0 Å². The number of halogens is 2. The summed E-state index contributed by atoms with van der Waals surface area (Å²) in [5.74, 6) is -0.351. The van der Waals surface area contributed by atoms with Crippen molar-refractivity contribution in [3.05, 3.63) is 58.6 Å². The number of aliphatic imine (C=N–C) groups is 1. The van der Waals surface area contributed by atoms with E-state index in [0.717, 1.165) is 0 Å². The fourth-order valence-electron chi connectivity index (χ4n) is 3.27. The van der Waals surface area contributed by atoms with Crippen molar-refractivity contribution in [2.45, 2.75) is 12.0 Å². The normalized spacial score (nSPS) is 24.2. The quantitative estimate of drug-likeness (QED) is 0.864. The van der Waals surface area contributed by atoms with E-state index in [0.29, 0.717) is 35.1 Å². The molecule has 2 heterocycles. The third-order valence-electron chi connectivity index (χ3n) is 4.64. The SMILES string of the molecule is NC1=N[C@]2(c3cc(NC(=O)c4ccc(Cl)cn4)ccc3F)C[C@@H]2COC1. The molecule has 3 N–H and O–H groups in total. The molecule has 26 heavy (non-hydrogen) atoms. The van der Waals surface area contributed by atoms with Gasteiger partial charge in [-0.15, -0.1) is 0 Å². The molecule has 0 unspecified atom stereocenters. The number of amidine groups is 1. The van der Waals surface area contributed by atoms with Crippen molar-refractivity contribution >= 4 is 29.0 Å². The van der Waals surface area contributed by atoms with E-state index in [2.05, 4.69) is 15.3 Å². The number of pyridine rings is 1. The zero-order valence-electron chi connectivity index (χ0n) is 13.7. The van der Waals surface area contributed by atoms with Gasteiger partial charge in [0.2, 0.25) is 0 Å². The molecule has 4 rings (SSSR count). The van der Waals surface area contributed by atoms with Crippen LogP contribution in [-0.2, 0) is 10.3 Å². The van der Waals surface area contributed by atoms with Crippen LogP contribution in [0.15, 0.2) is 41.5 Å². The predicted octanol–water partition coefficient (Wildman–Crippen LogP) is 2.73. The Morgan fingerprint density at radius 3 is 3.00 bits per heavy atom. The van der Waals surface area contributed by atoms with Gasteiger partial charge in [-0.2, -0.15) is 0 Å². The van der Waals surface area contributed by atoms with Gasteiger partial charge in [0.05, 0.1) is 17.2 Å². The largest absolute Gasteiger partial charge is 0.386 e. The number of hydrogen-bond acceptors (Lipinski definition) is 5. The fraction of sp³-hybridized carbons (Fsp3) is 0.278. The van der Waals surface area contributed by atoms with Gasteiger partial charge >= 0.3 is 0 Å². The summed E-state index contributed by atoms with van der Waals surface area (Å²) in [5, 5.41) is 3.17. The molecule has 1 saturated carbocycles. The van der Waals surface area contributed by atoms with Gasteiger partial charge in [0.1, 0.15) is 24.0 Å². The van der Waals surface area contributed by atoms with Gasteiger partial charge in [-0.25, -0.2) is 9.37 Å². The van der Waals surface area contributed by atoms with E-state index in [4.69, 9.17) is 22.1 Å². The second-order valence-electron chi connectivity index (χ2n) is 6.45. The molecule has 1 fully saturated rings. The number of nitrogens with one attached hydrogen (secondary N) is 1. The highest BCUT2D eigenvalue weighted by Crippen LogP contribution is 2.57. The lowest BCUT2D eigenvalue weighted by atomic mass is 10.0. The van der Waals surface area contributed by atoms with Gasteiger partial charge in [-0.05, 0) is 36.8 Å². The van der Waals surface area contributed by atoms with E-state index in [1.54, 1.807) is 12.1 Å². The van der Waals surface area contributed by atoms with Crippen molar-refractivity contribution in [3.8, 4) is 0 Å². The Kier molecular flexibility index (Phi) is 4.13. The summed E-state index contributed by atoms with van der Waals surface area (Å²) in [6.45, 7) is 0.730. The first kappa shape index (κ1) is 16.9. The van der Waals surface area contributed by atoms with Crippen LogP contribution in [0.5, 0.6) is 0 Å². The van der Waals surface area contributed by atoms with E-state index < -0.39 is 11.4 Å². The predicted molar refractivity (Wildman–Crippen MR) is 95.8 cm³/mol. The summed E-state index contributed by atoms with van der Waals surface area (Å²) in [5.41, 5.74) is 6.23. The van der Waals surface area contributed by atoms with Crippen LogP contribution in [-0.4, -0.2) is 29.9 Å². The number of carbonyl (C=O) groups excluding carboxylic acids is 1. The zero-order chi connectivity index (χ0) is 18.3. The van der Waals surface area contributed by atoms with Crippen molar-refractivity contribution in [3.63, 3.8) is 0 Å². The first-order chi connectivity index (χ1) is 12.5. The molecule has 0 radical (unpaired) electrons. The highest BCUT2D eigenvalue weighted by Gasteiger charge is 2.58. The fourth-order valence-corrected chi connectivity index (χ4v) is 3.39. The molecule has 1 aliphatic heterocycles. The molecule has 1 aliphatic carbocycles. The summed E-state index contributed by atoms with van der Waals surface area (Å²) in [6, 6.07) is 7.52. The molecule has 2 atom stereocenters. The van der Waals surface area contributed by atoms with Gasteiger partial charge in [0, 0.05) is 23.4 Å². The molecule has 2 aliphatic rings. The maximum Gasteiger partial charge on any atom is 0.274 e. The van der Waals surface area contributed by atoms with Gasteiger partial charge < -0.3 is 15.8 Å². The Bertz CT molecular complexity index is 903. The van der Waals surface area contributed by atoms with Crippen LogP contribution in [0.3, 0.4) is 0 Å². The molecular formula is C18H16ClFN4O2. The van der Waals surface area contributed by atoms with Crippen LogP contribution in [0.1, 0.15) is 22.5 Å². The molecule has 0 saturated heterocycles. The summed E-state index contributed by atoms with van der Waals surface area (Å²) < 4.78 is 19.9. The number of anilines is 1. The summed E-state index contributed by atoms with van der Waals surface area (Å²) >= 11 is 5.78. The number of aromatic nitrogens is 1. The van der Waals surface area contributed by atoms with Gasteiger partial charge in [-0.3, -0.25) is 9.79 Å². The Morgan fingerprint density at radius 1 is 1.38 bits per heavy atom. The van der Waals surface area contributed by atoms with Crippen LogP contribution in [0.25, 0.3) is 0 Å². The summed E-state index contributed by atoms with van der Waals surface area (Å²) in [4.78, 5) is 20.8. The lowest BCUT2D eigenvalue weighted by molar-refractivity contribution is 0.102. The van der Waals surface area contributed by atoms with Crippen molar-refractivity contribution in [2.75, 3.05) is 18.5 Å². The van der Waals surface area contributed by atoms with Crippen LogP contribution >= 0.6 is 11.6 Å². The highest BCUT2D eigenvalue weighted by atomic mass is 35.5. The Labute approximate surface area is 154 Å². The average Bonchev–Trinajstić information content (AvgIpc) is 3.31. The molecular weight excluding hydrogens is 359 g/mol. The first-order valence-electron chi connectivity index (χ1n) is 8.13. The number of ether oxygens (including phenoxy) is 1. The second kappa shape index (κ2) is 6.34. The first-order valence-corrected chi connectivity index (χ1v) is 8.50. The topological polar surface area (TPSA) is 89.6 Å². The minimum atomic E-state index is -0.704. The number of rotatable bonds is 3. The van der Waals surface area contributed by atoms with E-state index in [1.807, 2.05) is 0 Å². The Morgan fingerprint density at radius 2 is 2.23 bits per heavy atom. The third kappa shape index (κ3) is 3.04. The van der Waals surface area contributed by atoms with Crippen LogP contribution in [0, 0.1) is 11.7 Å². The minimum Gasteiger partial charge on any atom is -0.386 e.